The molecule has 1 aromatic rings. The zero-order chi connectivity index (χ0) is 8.55. The molecule has 3 N–H and O–H groups in total. The van der Waals surface area contributed by atoms with Crippen molar-refractivity contribution in [1.82, 2.24) is 10.2 Å². The van der Waals surface area contributed by atoms with Gasteiger partial charge in [-0.2, -0.15) is 5.10 Å². The molecular formula is C9H13N3. The second kappa shape index (κ2) is 2.75. The molecule has 0 radical (unpaired) electrons. The minimum Gasteiger partial charge on any atom is -0.326 e. The van der Waals surface area contributed by atoms with E-state index in [9.17, 15) is 0 Å². The van der Waals surface area contributed by atoms with Crippen LogP contribution >= 0.6 is 0 Å². The van der Waals surface area contributed by atoms with Gasteiger partial charge >= 0.3 is 0 Å². The molecule has 3 heteroatoms. The first kappa shape index (κ1) is 7.55. The highest BCUT2D eigenvalue weighted by Crippen LogP contribution is 2.25. The van der Waals surface area contributed by atoms with Crippen LogP contribution < -0.4 is 5.73 Å². The fourth-order valence-electron chi connectivity index (χ4n) is 1.71. The number of hydrogen-bond donors (Lipinski definition) is 2. The van der Waals surface area contributed by atoms with Crippen LogP contribution in [0.4, 0.5) is 0 Å². The van der Waals surface area contributed by atoms with Gasteiger partial charge in [0.05, 0.1) is 5.69 Å². The van der Waals surface area contributed by atoms with Gasteiger partial charge in [-0.05, 0) is 24.8 Å². The van der Waals surface area contributed by atoms with Crippen molar-refractivity contribution in [3.05, 3.63) is 23.5 Å². The number of hydrogen-bond acceptors (Lipinski definition) is 2. The predicted octanol–water partition coefficient (Wildman–Crippen LogP) is 0.870. The second-order valence-corrected chi connectivity index (χ2v) is 3.19. The minimum absolute atomic E-state index is 0.497. The Hall–Kier alpha value is -1.09. The number of fused-ring (bicyclic) bond motifs is 1. The molecule has 1 aliphatic carbocycles. The number of nitrogens with zero attached hydrogens (tertiary/aromatic N) is 1. The number of aromatic nitrogens is 2. The zero-order valence-electron chi connectivity index (χ0n) is 7.06. The molecule has 0 spiro atoms. The van der Waals surface area contributed by atoms with Crippen molar-refractivity contribution in [2.24, 2.45) is 5.73 Å². The van der Waals surface area contributed by atoms with Gasteiger partial charge in [0.15, 0.2) is 0 Å². The molecule has 1 heterocycles. The second-order valence-electron chi connectivity index (χ2n) is 3.19. The summed E-state index contributed by atoms with van der Waals surface area (Å²) in [6.07, 6.45) is 3.48. The molecule has 1 aliphatic rings. The van der Waals surface area contributed by atoms with Gasteiger partial charge in [0, 0.05) is 17.8 Å². The average Bonchev–Trinajstić information content (AvgIpc) is 2.62. The molecule has 1 aromatic heterocycles. The highest BCUT2D eigenvalue weighted by atomic mass is 15.1. The van der Waals surface area contributed by atoms with Crippen LogP contribution in [0.3, 0.4) is 0 Å². The lowest BCUT2D eigenvalue weighted by molar-refractivity contribution is 0.859. The smallest absolute Gasteiger partial charge is 0.0922 e. The lowest BCUT2D eigenvalue weighted by atomic mass is 10.1. The van der Waals surface area contributed by atoms with E-state index in [0.717, 1.165) is 24.1 Å². The maximum atomic E-state index is 5.50. The van der Waals surface area contributed by atoms with E-state index in [1.54, 1.807) is 0 Å². The van der Waals surface area contributed by atoms with Gasteiger partial charge in [-0.1, -0.05) is 6.58 Å². The molecule has 0 amide bonds. The lowest BCUT2D eigenvalue weighted by Crippen LogP contribution is -2.02. The topological polar surface area (TPSA) is 54.7 Å². The molecule has 0 saturated heterocycles. The Morgan fingerprint density at radius 3 is 3.17 bits per heavy atom. The fourth-order valence-corrected chi connectivity index (χ4v) is 1.71. The number of nitrogens with one attached hydrogen (secondary N) is 1. The molecule has 0 saturated carbocycles. The van der Waals surface area contributed by atoms with Gasteiger partial charge in [-0.15, -0.1) is 0 Å². The highest BCUT2D eigenvalue weighted by molar-refractivity contribution is 5.65. The molecule has 0 bridgehead atoms. The predicted molar refractivity (Wildman–Crippen MR) is 48.7 cm³/mol. The fraction of sp³-hybridized carbons (Fsp3) is 0.444. The van der Waals surface area contributed by atoms with Gasteiger partial charge in [0.25, 0.3) is 0 Å². The summed E-state index contributed by atoms with van der Waals surface area (Å²) in [5.74, 6) is 0. The van der Waals surface area contributed by atoms with Crippen molar-refractivity contribution in [3.8, 4) is 0 Å². The monoisotopic (exact) mass is 163 g/mol. The summed E-state index contributed by atoms with van der Waals surface area (Å²) in [6, 6.07) is 0. The summed E-state index contributed by atoms with van der Waals surface area (Å²) in [7, 11) is 0. The lowest BCUT2D eigenvalue weighted by Gasteiger charge is -1.98. The first-order chi connectivity index (χ1) is 5.83. The third kappa shape index (κ3) is 0.975. The number of aromatic amines is 1. The Balaban J connectivity index is 2.39. The summed E-state index contributed by atoms with van der Waals surface area (Å²) >= 11 is 0. The minimum atomic E-state index is 0.497. The number of H-pyrrole nitrogens is 1. The molecular weight excluding hydrogens is 150 g/mol. The largest absolute Gasteiger partial charge is 0.326 e. The Labute approximate surface area is 71.7 Å². The molecule has 3 nitrogen and oxygen atoms in total. The summed E-state index contributed by atoms with van der Waals surface area (Å²) in [5, 5.41) is 7.24. The first-order valence-corrected chi connectivity index (χ1v) is 4.27. The summed E-state index contributed by atoms with van der Waals surface area (Å²) in [5.41, 5.74) is 10.1. The van der Waals surface area contributed by atoms with Gasteiger partial charge < -0.3 is 5.73 Å². The van der Waals surface area contributed by atoms with E-state index < -0.39 is 0 Å². The van der Waals surface area contributed by atoms with Gasteiger partial charge in [-0.25, -0.2) is 0 Å². The average molecular weight is 163 g/mol. The normalized spacial score (nSPS) is 14.8. The van der Waals surface area contributed by atoms with Crippen LogP contribution in [0.5, 0.6) is 0 Å². The van der Waals surface area contributed by atoms with Crippen molar-refractivity contribution in [1.29, 1.82) is 0 Å². The Bertz CT molecular complexity index is 312. The van der Waals surface area contributed by atoms with Crippen LogP contribution in [0, 0.1) is 0 Å². The van der Waals surface area contributed by atoms with E-state index in [4.69, 9.17) is 5.73 Å². The molecule has 0 aliphatic heterocycles. The summed E-state index contributed by atoms with van der Waals surface area (Å²) < 4.78 is 0. The third-order valence-electron chi connectivity index (χ3n) is 2.39. The van der Waals surface area contributed by atoms with Crippen molar-refractivity contribution in [3.63, 3.8) is 0 Å². The van der Waals surface area contributed by atoms with Crippen molar-refractivity contribution < 1.29 is 0 Å². The molecule has 64 valence electrons. The Morgan fingerprint density at radius 1 is 1.58 bits per heavy atom. The van der Waals surface area contributed by atoms with Crippen LogP contribution in [0.2, 0.25) is 0 Å². The summed E-state index contributed by atoms with van der Waals surface area (Å²) in [4.78, 5) is 0. The first-order valence-electron chi connectivity index (χ1n) is 4.27. The standard InChI is InChI=1S/C9H13N3/c1-6(5-10)9-7-3-2-4-8(7)11-12-9/h1-5,10H2,(H,11,12). The van der Waals surface area contributed by atoms with Gasteiger partial charge in [0.2, 0.25) is 0 Å². The van der Waals surface area contributed by atoms with Crippen LogP contribution in [-0.2, 0) is 12.8 Å². The van der Waals surface area contributed by atoms with Gasteiger partial charge in [-0.3, -0.25) is 5.10 Å². The molecule has 0 fully saturated rings. The Morgan fingerprint density at radius 2 is 2.42 bits per heavy atom. The van der Waals surface area contributed by atoms with Crippen LogP contribution in [0.15, 0.2) is 6.58 Å². The molecule has 2 rings (SSSR count). The van der Waals surface area contributed by atoms with Crippen molar-refractivity contribution in [2.75, 3.05) is 6.54 Å². The van der Waals surface area contributed by atoms with Crippen molar-refractivity contribution in [2.45, 2.75) is 19.3 Å². The SMILES string of the molecule is C=C(CN)c1n[nH]c2c1CCC2. The third-order valence-corrected chi connectivity index (χ3v) is 2.39. The summed E-state index contributed by atoms with van der Waals surface area (Å²) in [6.45, 7) is 4.38. The molecule has 0 unspecified atom stereocenters. The van der Waals surface area contributed by atoms with Crippen LogP contribution in [-0.4, -0.2) is 16.7 Å². The van der Waals surface area contributed by atoms with E-state index >= 15 is 0 Å². The number of nitrogens with two attached hydrogens (primary N) is 1. The van der Waals surface area contributed by atoms with E-state index in [2.05, 4.69) is 16.8 Å². The van der Waals surface area contributed by atoms with E-state index in [0.29, 0.717) is 6.54 Å². The quantitative estimate of drug-likeness (QED) is 0.679. The van der Waals surface area contributed by atoms with E-state index in [1.807, 2.05) is 0 Å². The van der Waals surface area contributed by atoms with Crippen LogP contribution in [0.1, 0.15) is 23.4 Å². The van der Waals surface area contributed by atoms with Gasteiger partial charge in [0.1, 0.15) is 0 Å². The molecule has 0 atom stereocenters. The Kier molecular flexibility index (Phi) is 1.73. The van der Waals surface area contributed by atoms with E-state index in [1.165, 1.54) is 17.7 Å². The van der Waals surface area contributed by atoms with E-state index in [-0.39, 0.29) is 0 Å². The maximum absolute atomic E-state index is 5.50. The number of rotatable bonds is 2. The zero-order valence-corrected chi connectivity index (χ0v) is 7.06. The van der Waals surface area contributed by atoms with Crippen LogP contribution in [0.25, 0.3) is 5.57 Å². The highest BCUT2D eigenvalue weighted by Gasteiger charge is 2.18. The maximum Gasteiger partial charge on any atom is 0.0922 e. The number of aryl methyl sites for hydroxylation is 1. The molecule has 12 heavy (non-hydrogen) atoms. The van der Waals surface area contributed by atoms with Crippen molar-refractivity contribution >= 4 is 5.57 Å². The molecule has 0 aromatic carbocycles.